The van der Waals surface area contributed by atoms with Gasteiger partial charge in [0, 0.05) is 12.1 Å². The normalized spacial score (nSPS) is 10.1. The molecule has 0 fully saturated rings. The van der Waals surface area contributed by atoms with E-state index >= 15 is 0 Å². The van der Waals surface area contributed by atoms with Crippen LogP contribution in [0.1, 0.15) is 0 Å². The SMILES string of the molecule is COc1cccc(-c2ccc(NCCO)nn2)c1. The van der Waals surface area contributed by atoms with Crippen LogP contribution in [-0.4, -0.2) is 35.6 Å². The Morgan fingerprint density at radius 2 is 2.11 bits per heavy atom. The van der Waals surface area contributed by atoms with E-state index in [9.17, 15) is 0 Å². The van der Waals surface area contributed by atoms with E-state index < -0.39 is 0 Å². The lowest BCUT2D eigenvalue weighted by Gasteiger charge is -2.05. The highest BCUT2D eigenvalue weighted by molar-refractivity contribution is 5.61. The van der Waals surface area contributed by atoms with Gasteiger partial charge in [0.1, 0.15) is 11.6 Å². The van der Waals surface area contributed by atoms with Crippen molar-refractivity contribution >= 4 is 5.82 Å². The van der Waals surface area contributed by atoms with Gasteiger partial charge in [-0.25, -0.2) is 0 Å². The maximum atomic E-state index is 8.69. The first-order chi connectivity index (χ1) is 8.83. The molecule has 0 spiro atoms. The van der Waals surface area contributed by atoms with Crippen LogP contribution in [0.15, 0.2) is 36.4 Å². The Bertz CT molecular complexity index is 500. The van der Waals surface area contributed by atoms with E-state index in [1.807, 2.05) is 36.4 Å². The molecule has 94 valence electrons. The molecule has 0 saturated carbocycles. The average molecular weight is 245 g/mol. The number of rotatable bonds is 5. The Balaban J connectivity index is 2.17. The predicted molar refractivity (Wildman–Crippen MR) is 69.6 cm³/mol. The molecule has 0 aliphatic rings. The molecule has 1 aromatic heterocycles. The fourth-order valence-corrected chi connectivity index (χ4v) is 1.55. The van der Waals surface area contributed by atoms with Gasteiger partial charge in [-0.2, -0.15) is 0 Å². The van der Waals surface area contributed by atoms with Crippen LogP contribution < -0.4 is 10.1 Å². The minimum absolute atomic E-state index is 0.0688. The van der Waals surface area contributed by atoms with Crippen LogP contribution in [0.25, 0.3) is 11.3 Å². The minimum atomic E-state index is 0.0688. The molecular weight excluding hydrogens is 230 g/mol. The topological polar surface area (TPSA) is 67.3 Å². The highest BCUT2D eigenvalue weighted by Gasteiger charge is 2.02. The fraction of sp³-hybridized carbons (Fsp3) is 0.231. The molecule has 5 nitrogen and oxygen atoms in total. The molecule has 0 aliphatic carbocycles. The number of nitrogens with zero attached hydrogens (tertiary/aromatic N) is 2. The largest absolute Gasteiger partial charge is 0.497 e. The first-order valence-corrected chi connectivity index (χ1v) is 5.66. The molecule has 0 radical (unpaired) electrons. The van der Waals surface area contributed by atoms with Crippen LogP contribution in [0.2, 0.25) is 0 Å². The molecule has 5 heteroatoms. The first kappa shape index (κ1) is 12.3. The molecule has 2 rings (SSSR count). The molecule has 0 atom stereocenters. The summed E-state index contributed by atoms with van der Waals surface area (Å²) in [7, 11) is 1.63. The summed E-state index contributed by atoms with van der Waals surface area (Å²) >= 11 is 0. The summed E-state index contributed by atoms with van der Waals surface area (Å²) in [5.74, 6) is 1.44. The van der Waals surface area contributed by atoms with E-state index in [4.69, 9.17) is 9.84 Å². The number of aliphatic hydroxyl groups is 1. The molecule has 0 amide bonds. The van der Waals surface area contributed by atoms with Crippen molar-refractivity contribution in [2.24, 2.45) is 0 Å². The van der Waals surface area contributed by atoms with E-state index in [0.717, 1.165) is 17.0 Å². The van der Waals surface area contributed by atoms with Gasteiger partial charge >= 0.3 is 0 Å². The van der Waals surface area contributed by atoms with Crippen molar-refractivity contribution in [1.82, 2.24) is 10.2 Å². The summed E-state index contributed by atoms with van der Waals surface area (Å²) in [6, 6.07) is 11.4. The first-order valence-electron chi connectivity index (χ1n) is 5.66. The Kier molecular flexibility index (Phi) is 4.09. The van der Waals surface area contributed by atoms with Gasteiger partial charge in [0.25, 0.3) is 0 Å². The van der Waals surface area contributed by atoms with Gasteiger partial charge in [-0.3, -0.25) is 0 Å². The van der Waals surface area contributed by atoms with Crippen LogP contribution in [0, 0.1) is 0 Å². The Hall–Kier alpha value is -2.14. The van der Waals surface area contributed by atoms with Gasteiger partial charge in [-0.1, -0.05) is 12.1 Å². The number of aromatic nitrogens is 2. The molecule has 0 aliphatic heterocycles. The van der Waals surface area contributed by atoms with Gasteiger partial charge in [0.2, 0.25) is 0 Å². The third-order valence-corrected chi connectivity index (χ3v) is 2.45. The lowest BCUT2D eigenvalue weighted by Crippen LogP contribution is -2.07. The number of benzene rings is 1. The van der Waals surface area contributed by atoms with Crippen LogP contribution in [0.4, 0.5) is 5.82 Å². The van der Waals surface area contributed by atoms with Crippen LogP contribution in [0.5, 0.6) is 5.75 Å². The Morgan fingerprint density at radius 1 is 1.22 bits per heavy atom. The number of methoxy groups -OCH3 is 1. The smallest absolute Gasteiger partial charge is 0.148 e. The number of hydrogen-bond acceptors (Lipinski definition) is 5. The van der Waals surface area contributed by atoms with Gasteiger partial charge in [-0.05, 0) is 24.3 Å². The standard InChI is InChI=1S/C13H15N3O2/c1-18-11-4-2-3-10(9-11)12-5-6-13(16-15-12)14-7-8-17/h2-6,9,17H,7-8H2,1H3,(H,14,16). The summed E-state index contributed by atoms with van der Waals surface area (Å²) in [5.41, 5.74) is 1.74. The van der Waals surface area contributed by atoms with Crippen molar-refractivity contribution in [2.45, 2.75) is 0 Å². The molecule has 2 aromatic rings. The third-order valence-electron chi connectivity index (χ3n) is 2.45. The number of hydrogen-bond donors (Lipinski definition) is 2. The van der Waals surface area contributed by atoms with Crippen molar-refractivity contribution in [3.8, 4) is 17.0 Å². The average Bonchev–Trinajstić information content (AvgIpc) is 2.46. The maximum Gasteiger partial charge on any atom is 0.148 e. The van der Waals surface area contributed by atoms with E-state index in [1.54, 1.807) is 7.11 Å². The summed E-state index contributed by atoms with van der Waals surface area (Å²) in [4.78, 5) is 0. The second kappa shape index (κ2) is 5.97. The fourth-order valence-electron chi connectivity index (χ4n) is 1.55. The van der Waals surface area contributed by atoms with Crippen molar-refractivity contribution in [3.05, 3.63) is 36.4 Å². The highest BCUT2D eigenvalue weighted by Crippen LogP contribution is 2.21. The van der Waals surface area contributed by atoms with Gasteiger partial charge < -0.3 is 15.2 Å². The third kappa shape index (κ3) is 2.95. The lowest BCUT2D eigenvalue weighted by molar-refractivity contribution is 0.311. The van der Waals surface area contributed by atoms with Crippen molar-refractivity contribution < 1.29 is 9.84 Å². The van der Waals surface area contributed by atoms with Crippen molar-refractivity contribution in [2.75, 3.05) is 25.6 Å². The number of anilines is 1. The zero-order valence-corrected chi connectivity index (χ0v) is 10.1. The van der Waals surface area contributed by atoms with Gasteiger partial charge in [0.05, 0.1) is 19.4 Å². The second-order valence-electron chi connectivity index (χ2n) is 3.69. The zero-order valence-electron chi connectivity index (χ0n) is 10.1. The summed E-state index contributed by atoms with van der Waals surface area (Å²) < 4.78 is 5.16. The Labute approximate surface area is 105 Å². The minimum Gasteiger partial charge on any atom is -0.497 e. The van der Waals surface area contributed by atoms with E-state index in [1.165, 1.54) is 0 Å². The van der Waals surface area contributed by atoms with Gasteiger partial charge in [0.15, 0.2) is 0 Å². The number of aliphatic hydroxyl groups excluding tert-OH is 1. The predicted octanol–water partition coefficient (Wildman–Crippen LogP) is 1.56. The highest BCUT2D eigenvalue weighted by atomic mass is 16.5. The molecule has 18 heavy (non-hydrogen) atoms. The zero-order chi connectivity index (χ0) is 12.8. The molecule has 0 unspecified atom stereocenters. The van der Waals surface area contributed by atoms with E-state index in [-0.39, 0.29) is 6.61 Å². The van der Waals surface area contributed by atoms with Crippen LogP contribution in [-0.2, 0) is 0 Å². The summed E-state index contributed by atoms with van der Waals surface area (Å²) in [6.45, 7) is 0.534. The molecule has 1 heterocycles. The number of nitrogens with one attached hydrogen (secondary N) is 1. The van der Waals surface area contributed by atoms with Crippen LogP contribution >= 0.6 is 0 Å². The monoisotopic (exact) mass is 245 g/mol. The van der Waals surface area contributed by atoms with E-state index in [0.29, 0.717) is 12.4 Å². The number of ether oxygens (including phenoxy) is 1. The van der Waals surface area contributed by atoms with Crippen LogP contribution in [0.3, 0.4) is 0 Å². The molecular formula is C13H15N3O2. The van der Waals surface area contributed by atoms with E-state index in [2.05, 4.69) is 15.5 Å². The second-order valence-corrected chi connectivity index (χ2v) is 3.69. The molecule has 1 aromatic carbocycles. The van der Waals surface area contributed by atoms with Gasteiger partial charge in [-0.15, -0.1) is 10.2 Å². The quantitative estimate of drug-likeness (QED) is 0.836. The summed E-state index contributed by atoms with van der Waals surface area (Å²) in [6.07, 6.45) is 0. The lowest BCUT2D eigenvalue weighted by atomic mass is 10.1. The molecule has 2 N–H and O–H groups in total. The molecule has 0 saturated heterocycles. The molecule has 0 bridgehead atoms. The summed E-state index contributed by atoms with van der Waals surface area (Å²) in [5, 5.41) is 19.8. The van der Waals surface area contributed by atoms with Crippen molar-refractivity contribution in [3.63, 3.8) is 0 Å². The Morgan fingerprint density at radius 3 is 2.78 bits per heavy atom. The van der Waals surface area contributed by atoms with Crippen molar-refractivity contribution in [1.29, 1.82) is 0 Å². The maximum absolute atomic E-state index is 8.69.